The number of nitrogens with zero attached hydrogens (tertiary/aromatic N) is 2. The summed E-state index contributed by atoms with van der Waals surface area (Å²) in [6, 6.07) is 5.22. The van der Waals surface area contributed by atoms with Crippen molar-refractivity contribution >= 4 is 29.1 Å². The fourth-order valence-corrected chi connectivity index (χ4v) is 3.37. The van der Waals surface area contributed by atoms with Crippen molar-refractivity contribution in [1.82, 2.24) is 9.88 Å². The van der Waals surface area contributed by atoms with Crippen molar-refractivity contribution in [2.75, 3.05) is 13.1 Å². The Kier molecular flexibility index (Phi) is 5.47. The predicted octanol–water partition coefficient (Wildman–Crippen LogP) is 4.84. The SMILES string of the molecule is CC1CCN(C(=O)CCc2ncc(-c3ccc(Cl)cc3Cl)o2)CC1. The number of carbonyl (C=O) groups excluding carboxylic acids is 1. The molecular formula is C18H20Cl2N2O2. The van der Waals surface area contributed by atoms with Crippen molar-refractivity contribution < 1.29 is 9.21 Å². The van der Waals surface area contributed by atoms with Crippen molar-refractivity contribution in [3.8, 4) is 11.3 Å². The fourth-order valence-electron chi connectivity index (χ4n) is 2.87. The fraction of sp³-hybridized carbons (Fsp3) is 0.444. The molecule has 6 heteroatoms. The summed E-state index contributed by atoms with van der Waals surface area (Å²) >= 11 is 12.1. The van der Waals surface area contributed by atoms with Gasteiger partial charge >= 0.3 is 0 Å². The van der Waals surface area contributed by atoms with E-state index >= 15 is 0 Å². The molecule has 1 aliphatic rings. The molecule has 2 heterocycles. The number of hydrogen-bond acceptors (Lipinski definition) is 3. The zero-order valence-electron chi connectivity index (χ0n) is 13.6. The summed E-state index contributed by atoms with van der Waals surface area (Å²) in [6.07, 6.45) is 4.73. The number of aromatic nitrogens is 1. The largest absolute Gasteiger partial charge is 0.441 e. The van der Waals surface area contributed by atoms with Crippen molar-refractivity contribution in [2.24, 2.45) is 5.92 Å². The summed E-state index contributed by atoms with van der Waals surface area (Å²) in [4.78, 5) is 18.5. The first-order valence-corrected chi connectivity index (χ1v) is 8.96. The number of rotatable bonds is 4. The third-order valence-electron chi connectivity index (χ3n) is 4.44. The van der Waals surface area contributed by atoms with E-state index in [0.717, 1.165) is 31.5 Å². The quantitative estimate of drug-likeness (QED) is 0.777. The number of carbonyl (C=O) groups is 1. The average molecular weight is 367 g/mol. The molecule has 1 aromatic heterocycles. The number of aryl methyl sites for hydroxylation is 1. The van der Waals surface area contributed by atoms with Crippen molar-refractivity contribution in [3.63, 3.8) is 0 Å². The average Bonchev–Trinajstić information content (AvgIpc) is 3.02. The van der Waals surface area contributed by atoms with Gasteiger partial charge in [-0.25, -0.2) is 4.98 Å². The van der Waals surface area contributed by atoms with Crippen LogP contribution < -0.4 is 0 Å². The van der Waals surface area contributed by atoms with Gasteiger partial charge in [-0.2, -0.15) is 0 Å². The molecule has 1 amide bonds. The van der Waals surface area contributed by atoms with E-state index in [1.54, 1.807) is 24.4 Å². The Morgan fingerprint density at radius 1 is 1.33 bits per heavy atom. The van der Waals surface area contributed by atoms with Crippen LogP contribution in [0.15, 0.2) is 28.8 Å². The first-order valence-electron chi connectivity index (χ1n) is 8.21. The number of halogens is 2. The van der Waals surface area contributed by atoms with E-state index < -0.39 is 0 Å². The Hall–Kier alpha value is -1.52. The monoisotopic (exact) mass is 366 g/mol. The van der Waals surface area contributed by atoms with E-state index in [0.29, 0.717) is 40.5 Å². The first-order chi connectivity index (χ1) is 11.5. The minimum absolute atomic E-state index is 0.172. The molecule has 128 valence electrons. The lowest BCUT2D eigenvalue weighted by atomic mass is 9.99. The van der Waals surface area contributed by atoms with Crippen LogP contribution in [-0.2, 0) is 11.2 Å². The van der Waals surface area contributed by atoms with Crippen LogP contribution in [0.4, 0.5) is 0 Å². The molecule has 0 atom stereocenters. The maximum atomic E-state index is 12.3. The topological polar surface area (TPSA) is 46.3 Å². The van der Waals surface area contributed by atoms with Crippen LogP contribution >= 0.6 is 23.2 Å². The van der Waals surface area contributed by atoms with Gasteiger partial charge in [0.15, 0.2) is 11.7 Å². The molecule has 2 aromatic rings. The maximum Gasteiger partial charge on any atom is 0.223 e. The van der Waals surface area contributed by atoms with Crippen LogP contribution in [0.1, 0.15) is 32.1 Å². The predicted molar refractivity (Wildman–Crippen MR) is 95.3 cm³/mol. The van der Waals surface area contributed by atoms with Crippen LogP contribution in [0, 0.1) is 5.92 Å². The molecule has 3 rings (SSSR count). The minimum Gasteiger partial charge on any atom is -0.441 e. The zero-order valence-corrected chi connectivity index (χ0v) is 15.1. The van der Waals surface area contributed by atoms with Crippen LogP contribution in [0.3, 0.4) is 0 Å². The third kappa shape index (κ3) is 4.11. The Labute approximate surface area is 151 Å². The van der Waals surface area contributed by atoms with Crippen LogP contribution in [0.2, 0.25) is 10.0 Å². The summed E-state index contributed by atoms with van der Waals surface area (Å²) in [5.41, 5.74) is 0.746. The standard InChI is InChI=1S/C18H20Cl2N2O2/c1-12-6-8-22(9-7-12)18(23)5-4-17-21-11-16(24-17)14-3-2-13(19)10-15(14)20/h2-3,10-12H,4-9H2,1H3. The highest BCUT2D eigenvalue weighted by Crippen LogP contribution is 2.31. The number of piperidine rings is 1. The van der Waals surface area contributed by atoms with Gasteiger partial charge < -0.3 is 9.32 Å². The molecule has 0 saturated carbocycles. The highest BCUT2D eigenvalue weighted by molar-refractivity contribution is 6.36. The Morgan fingerprint density at radius 2 is 2.08 bits per heavy atom. The smallest absolute Gasteiger partial charge is 0.223 e. The van der Waals surface area contributed by atoms with Gasteiger partial charge in [0, 0.05) is 36.5 Å². The second-order valence-electron chi connectivity index (χ2n) is 6.31. The number of hydrogen-bond donors (Lipinski definition) is 0. The lowest BCUT2D eigenvalue weighted by Crippen LogP contribution is -2.38. The molecule has 0 unspecified atom stereocenters. The molecule has 0 aliphatic carbocycles. The third-order valence-corrected chi connectivity index (χ3v) is 4.99. The van der Waals surface area contributed by atoms with Gasteiger partial charge in [0.25, 0.3) is 0 Å². The number of oxazole rings is 1. The van der Waals surface area contributed by atoms with E-state index in [2.05, 4.69) is 11.9 Å². The molecule has 1 aliphatic heterocycles. The van der Waals surface area contributed by atoms with Gasteiger partial charge in [-0.05, 0) is 37.0 Å². The van der Waals surface area contributed by atoms with Crippen LogP contribution in [0.25, 0.3) is 11.3 Å². The summed E-state index contributed by atoms with van der Waals surface area (Å²) < 4.78 is 5.74. The Balaban J connectivity index is 1.59. The van der Waals surface area contributed by atoms with E-state index in [4.69, 9.17) is 27.6 Å². The van der Waals surface area contributed by atoms with Gasteiger partial charge in [0.05, 0.1) is 11.2 Å². The van der Waals surface area contributed by atoms with Crippen molar-refractivity contribution in [1.29, 1.82) is 0 Å². The number of benzene rings is 1. The van der Waals surface area contributed by atoms with E-state index in [-0.39, 0.29) is 5.91 Å². The summed E-state index contributed by atoms with van der Waals surface area (Å²) in [6.45, 7) is 3.95. The molecule has 24 heavy (non-hydrogen) atoms. The molecule has 0 radical (unpaired) electrons. The van der Waals surface area contributed by atoms with Gasteiger partial charge in [-0.15, -0.1) is 0 Å². The first kappa shape index (κ1) is 17.3. The maximum absolute atomic E-state index is 12.3. The van der Waals surface area contributed by atoms with Gasteiger partial charge in [0.2, 0.25) is 5.91 Å². The molecule has 1 aromatic carbocycles. The van der Waals surface area contributed by atoms with E-state index in [1.165, 1.54) is 0 Å². The molecule has 0 bridgehead atoms. The highest BCUT2D eigenvalue weighted by Gasteiger charge is 2.20. The van der Waals surface area contributed by atoms with Gasteiger partial charge in [0.1, 0.15) is 0 Å². The lowest BCUT2D eigenvalue weighted by Gasteiger charge is -2.30. The lowest BCUT2D eigenvalue weighted by molar-refractivity contribution is -0.132. The van der Waals surface area contributed by atoms with E-state index in [1.807, 2.05) is 4.90 Å². The summed E-state index contributed by atoms with van der Waals surface area (Å²) in [7, 11) is 0. The number of likely N-dealkylation sites (tertiary alicyclic amines) is 1. The number of amides is 1. The second kappa shape index (κ2) is 7.58. The zero-order chi connectivity index (χ0) is 17.1. The second-order valence-corrected chi connectivity index (χ2v) is 7.15. The van der Waals surface area contributed by atoms with Crippen molar-refractivity contribution in [2.45, 2.75) is 32.6 Å². The molecular weight excluding hydrogens is 347 g/mol. The van der Waals surface area contributed by atoms with Crippen LogP contribution in [-0.4, -0.2) is 28.9 Å². The molecule has 1 fully saturated rings. The highest BCUT2D eigenvalue weighted by atomic mass is 35.5. The molecule has 1 saturated heterocycles. The molecule has 0 spiro atoms. The van der Waals surface area contributed by atoms with Crippen LogP contribution in [0.5, 0.6) is 0 Å². The Bertz CT molecular complexity index is 722. The minimum atomic E-state index is 0.172. The molecule has 4 nitrogen and oxygen atoms in total. The van der Waals surface area contributed by atoms with Crippen molar-refractivity contribution in [3.05, 3.63) is 40.3 Å². The molecule has 0 N–H and O–H groups in total. The normalized spacial score (nSPS) is 15.7. The van der Waals surface area contributed by atoms with Gasteiger partial charge in [-0.3, -0.25) is 4.79 Å². The van der Waals surface area contributed by atoms with Gasteiger partial charge in [-0.1, -0.05) is 30.1 Å². The Morgan fingerprint density at radius 3 is 2.79 bits per heavy atom. The van der Waals surface area contributed by atoms with E-state index in [9.17, 15) is 4.79 Å². The summed E-state index contributed by atoms with van der Waals surface area (Å²) in [5.74, 6) is 2.03. The summed E-state index contributed by atoms with van der Waals surface area (Å²) in [5, 5.41) is 1.09.